The first kappa shape index (κ1) is 26.6. The number of anilines is 2. The predicted octanol–water partition coefficient (Wildman–Crippen LogP) is 5.06. The van der Waals surface area contributed by atoms with Gasteiger partial charge >= 0.3 is 18.1 Å². The summed E-state index contributed by atoms with van der Waals surface area (Å²) >= 11 is 0. The van der Waals surface area contributed by atoms with Gasteiger partial charge in [0.15, 0.2) is 5.82 Å². The fraction of sp³-hybridized carbons (Fsp3) is 0.179. The van der Waals surface area contributed by atoms with Crippen molar-refractivity contribution in [2.75, 3.05) is 11.9 Å². The van der Waals surface area contributed by atoms with Crippen molar-refractivity contribution in [3.05, 3.63) is 83.9 Å². The van der Waals surface area contributed by atoms with Crippen molar-refractivity contribution >= 4 is 40.4 Å². The lowest BCUT2D eigenvalue weighted by Crippen LogP contribution is -2.40. The van der Waals surface area contributed by atoms with E-state index in [4.69, 9.17) is 0 Å². The molecule has 0 spiro atoms. The fourth-order valence-corrected chi connectivity index (χ4v) is 4.59. The van der Waals surface area contributed by atoms with Crippen LogP contribution in [0.4, 0.5) is 24.7 Å². The van der Waals surface area contributed by atoms with E-state index in [1.54, 1.807) is 24.3 Å². The van der Waals surface area contributed by atoms with Gasteiger partial charge in [-0.15, -0.1) is 0 Å². The molecule has 40 heavy (non-hydrogen) atoms. The second kappa shape index (κ2) is 10.3. The highest BCUT2D eigenvalue weighted by Gasteiger charge is 2.42. The number of alkyl halides is 3. The van der Waals surface area contributed by atoms with E-state index in [1.807, 2.05) is 6.07 Å². The van der Waals surface area contributed by atoms with Gasteiger partial charge in [0.05, 0.1) is 22.5 Å². The molecule has 5 rings (SSSR count). The van der Waals surface area contributed by atoms with Crippen LogP contribution in [0.15, 0.2) is 72.8 Å². The SMILES string of the molecule is O=C(O)C1CC(C(=O)O)N(C(=O)c2ccc(Nc3nc4cc(C(F)(F)F)ccc4nc3-c3ccccc3)cc2)C1. The first-order valence-corrected chi connectivity index (χ1v) is 12.1. The van der Waals surface area contributed by atoms with Crippen molar-refractivity contribution in [3.63, 3.8) is 0 Å². The Kier molecular flexibility index (Phi) is 6.84. The monoisotopic (exact) mass is 550 g/mol. The van der Waals surface area contributed by atoms with Crippen LogP contribution in [0.3, 0.4) is 0 Å². The van der Waals surface area contributed by atoms with Crippen LogP contribution < -0.4 is 5.32 Å². The minimum absolute atomic E-state index is 0.0329. The molecule has 3 aromatic carbocycles. The summed E-state index contributed by atoms with van der Waals surface area (Å²) in [6.07, 6.45) is -4.74. The summed E-state index contributed by atoms with van der Waals surface area (Å²) in [5, 5.41) is 21.8. The van der Waals surface area contributed by atoms with E-state index in [2.05, 4.69) is 15.3 Å². The van der Waals surface area contributed by atoms with Crippen LogP contribution in [0.5, 0.6) is 0 Å². The van der Waals surface area contributed by atoms with Crippen molar-refractivity contribution in [2.24, 2.45) is 5.92 Å². The number of rotatable bonds is 6. The Labute approximate surface area is 224 Å². The van der Waals surface area contributed by atoms with Crippen LogP contribution in [-0.4, -0.2) is 55.5 Å². The number of carbonyl (C=O) groups excluding carboxylic acids is 1. The van der Waals surface area contributed by atoms with E-state index in [1.165, 1.54) is 30.3 Å². The zero-order valence-corrected chi connectivity index (χ0v) is 20.6. The molecule has 2 atom stereocenters. The highest BCUT2D eigenvalue weighted by atomic mass is 19.4. The van der Waals surface area contributed by atoms with E-state index in [-0.39, 0.29) is 35.4 Å². The zero-order valence-electron chi connectivity index (χ0n) is 20.6. The third-order valence-corrected chi connectivity index (χ3v) is 6.63. The van der Waals surface area contributed by atoms with Crippen molar-refractivity contribution in [1.82, 2.24) is 14.9 Å². The minimum Gasteiger partial charge on any atom is -0.481 e. The number of nitrogens with zero attached hydrogens (tertiary/aromatic N) is 3. The number of carboxylic acid groups (broad SMARTS) is 2. The molecule has 0 saturated carbocycles. The molecule has 1 amide bonds. The molecule has 9 nitrogen and oxygen atoms in total. The van der Waals surface area contributed by atoms with E-state index in [0.29, 0.717) is 16.9 Å². The third kappa shape index (κ3) is 5.28. The van der Waals surface area contributed by atoms with Gasteiger partial charge in [-0.3, -0.25) is 9.59 Å². The third-order valence-electron chi connectivity index (χ3n) is 6.63. The topological polar surface area (TPSA) is 133 Å². The molecule has 0 aliphatic carbocycles. The maximum absolute atomic E-state index is 13.3. The van der Waals surface area contributed by atoms with Gasteiger partial charge in [-0.1, -0.05) is 30.3 Å². The highest BCUT2D eigenvalue weighted by Crippen LogP contribution is 2.34. The molecule has 1 saturated heterocycles. The smallest absolute Gasteiger partial charge is 0.416 e. The van der Waals surface area contributed by atoms with Gasteiger partial charge in [0.2, 0.25) is 0 Å². The number of fused-ring (bicyclic) bond motifs is 1. The number of aromatic nitrogens is 2. The number of nitrogens with one attached hydrogen (secondary N) is 1. The Morgan fingerprint density at radius 3 is 2.20 bits per heavy atom. The summed E-state index contributed by atoms with van der Waals surface area (Å²) in [5.41, 5.74) is 1.10. The molecular formula is C28H21F3N4O5. The van der Waals surface area contributed by atoms with Crippen molar-refractivity contribution in [2.45, 2.75) is 18.6 Å². The second-order valence-corrected chi connectivity index (χ2v) is 9.27. The number of likely N-dealkylation sites (tertiary alicyclic amines) is 1. The van der Waals surface area contributed by atoms with Crippen molar-refractivity contribution < 1.29 is 37.8 Å². The average Bonchev–Trinajstić information content (AvgIpc) is 3.39. The molecule has 2 heterocycles. The van der Waals surface area contributed by atoms with Gasteiger partial charge in [-0.2, -0.15) is 13.2 Å². The molecule has 1 aliphatic rings. The van der Waals surface area contributed by atoms with E-state index in [0.717, 1.165) is 17.0 Å². The standard InChI is InChI=1S/C28H21F3N4O5/c29-28(30,31)18-8-11-20-21(13-18)34-24(23(33-20)15-4-2-1-3-5-15)32-19-9-6-16(7-10-19)25(36)35-14-17(26(37)38)12-22(35)27(39)40/h1-11,13,17,22H,12,14H2,(H,32,34)(H,37,38)(H,39,40). The fourth-order valence-electron chi connectivity index (χ4n) is 4.59. The largest absolute Gasteiger partial charge is 0.481 e. The van der Waals surface area contributed by atoms with E-state index < -0.39 is 41.5 Å². The highest BCUT2D eigenvalue weighted by molar-refractivity contribution is 5.98. The molecule has 0 radical (unpaired) electrons. The Morgan fingerprint density at radius 1 is 0.875 bits per heavy atom. The molecule has 3 N–H and O–H groups in total. The maximum Gasteiger partial charge on any atom is 0.416 e. The first-order chi connectivity index (χ1) is 19.0. The first-order valence-electron chi connectivity index (χ1n) is 12.1. The van der Waals surface area contributed by atoms with Gasteiger partial charge in [-0.25, -0.2) is 14.8 Å². The lowest BCUT2D eigenvalue weighted by atomic mass is 10.1. The molecule has 12 heteroatoms. The number of halogens is 3. The summed E-state index contributed by atoms with van der Waals surface area (Å²) in [6.45, 7) is -0.224. The van der Waals surface area contributed by atoms with Crippen molar-refractivity contribution in [3.8, 4) is 11.3 Å². The Morgan fingerprint density at radius 2 is 1.57 bits per heavy atom. The maximum atomic E-state index is 13.3. The molecule has 1 fully saturated rings. The van der Waals surface area contributed by atoms with Crippen LogP contribution in [0, 0.1) is 5.92 Å². The summed E-state index contributed by atoms with van der Waals surface area (Å²) in [6, 6.07) is 16.8. The summed E-state index contributed by atoms with van der Waals surface area (Å²) in [4.78, 5) is 46.0. The Balaban J connectivity index is 1.46. The molecule has 2 unspecified atom stereocenters. The van der Waals surface area contributed by atoms with Crippen LogP contribution in [-0.2, 0) is 15.8 Å². The zero-order chi connectivity index (χ0) is 28.6. The summed E-state index contributed by atoms with van der Waals surface area (Å²) in [5.74, 6) is -3.88. The van der Waals surface area contributed by atoms with Crippen LogP contribution in [0.25, 0.3) is 22.3 Å². The molecule has 1 aliphatic heterocycles. The van der Waals surface area contributed by atoms with Crippen LogP contribution in [0.1, 0.15) is 22.3 Å². The van der Waals surface area contributed by atoms with Gasteiger partial charge < -0.3 is 20.4 Å². The number of aliphatic carboxylic acids is 2. The van der Waals surface area contributed by atoms with Gasteiger partial charge in [0.1, 0.15) is 11.7 Å². The number of hydrogen-bond acceptors (Lipinski definition) is 6. The normalized spacial score (nSPS) is 17.1. The molecule has 0 bridgehead atoms. The molecule has 4 aromatic rings. The quantitative estimate of drug-likeness (QED) is 0.304. The van der Waals surface area contributed by atoms with Gasteiger partial charge in [-0.05, 0) is 48.9 Å². The van der Waals surface area contributed by atoms with Crippen LogP contribution >= 0.6 is 0 Å². The summed E-state index contributed by atoms with van der Waals surface area (Å²) < 4.78 is 39.9. The lowest BCUT2D eigenvalue weighted by molar-refractivity contribution is -0.142. The van der Waals surface area contributed by atoms with Crippen LogP contribution in [0.2, 0.25) is 0 Å². The number of benzene rings is 3. The number of hydrogen-bond donors (Lipinski definition) is 3. The second-order valence-electron chi connectivity index (χ2n) is 9.27. The van der Waals surface area contributed by atoms with E-state index >= 15 is 0 Å². The number of carbonyl (C=O) groups is 3. The number of amides is 1. The van der Waals surface area contributed by atoms with Gasteiger partial charge in [0, 0.05) is 23.4 Å². The Bertz CT molecular complexity index is 1610. The van der Waals surface area contributed by atoms with E-state index in [9.17, 15) is 37.8 Å². The molecule has 1 aromatic heterocycles. The van der Waals surface area contributed by atoms with Gasteiger partial charge in [0.25, 0.3) is 5.91 Å². The summed E-state index contributed by atoms with van der Waals surface area (Å²) in [7, 11) is 0. The van der Waals surface area contributed by atoms with Crippen molar-refractivity contribution in [1.29, 1.82) is 0 Å². The average molecular weight is 550 g/mol. The lowest BCUT2D eigenvalue weighted by Gasteiger charge is -2.21. The minimum atomic E-state index is -4.55. The number of carboxylic acids is 2. The predicted molar refractivity (Wildman–Crippen MR) is 138 cm³/mol. The Hall–Kier alpha value is -5.00. The molecular weight excluding hydrogens is 529 g/mol. The molecule has 204 valence electrons.